The number of morpholine rings is 2. The summed E-state index contributed by atoms with van der Waals surface area (Å²) >= 11 is 0. The Labute approximate surface area is 106 Å². The summed E-state index contributed by atoms with van der Waals surface area (Å²) in [4.78, 5) is 25.0. The second-order valence-electron chi connectivity index (χ2n) is 4.38. The highest BCUT2D eigenvalue weighted by molar-refractivity contribution is 5.89. The largest absolute Gasteiger partial charge is 0.379 e. The maximum Gasteiger partial charge on any atom is 0.246 e. The Bertz CT molecular complexity index is 305. The fourth-order valence-electron chi connectivity index (χ4n) is 1.97. The van der Waals surface area contributed by atoms with Crippen LogP contribution in [0.15, 0.2) is 0 Å². The van der Waals surface area contributed by atoms with E-state index in [0.29, 0.717) is 6.54 Å². The zero-order valence-corrected chi connectivity index (χ0v) is 10.3. The Morgan fingerprint density at radius 2 is 2.17 bits per heavy atom. The quantitative estimate of drug-likeness (QED) is 0.606. The molecule has 7 nitrogen and oxygen atoms in total. The van der Waals surface area contributed by atoms with Crippen molar-refractivity contribution in [1.82, 2.24) is 15.5 Å². The third-order valence-electron chi connectivity index (χ3n) is 3.00. The molecule has 7 heteroatoms. The monoisotopic (exact) mass is 257 g/mol. The van der Waals surface area contributed by atoms with E-state index >= 15 is 0 Å². The molecule has 2 rings (SSSR count). The third-order valence-corrected chi connectivity index (χ3v) is 3.00. The van der Waals surface area contributed by atoms with Crippen molar-refractivity contribution in [1.29, 1.82) is 0 Å². The molecule has 0 aromatic rings. The third kappa shape index (κ3) is 3.94. The fourth-order valence-corrected chi connectivity index (χ4v) is 1.97. The van der Waals surface area contributed by atoms with Crippen LogP contribution < -0.4 is 10.6 Å². The molecule has 1 unspecified atom stereocenters. The molecule has 2 aliphatic heterocycles. The molecular formula is C11H19N3O4. The molecule has 0 aliphatic carbocycles. The highest BCUT2D eigenvalue weighted by Gasteiger charge is 2.25. The van der Waals surface area contributed by atoms with Crippen LogP contribution in [-0.2, 0) is 19.1 Å². The number of hydrogen-bond donors (Lipinski definition) is 2. The number of nitrogens with one attached hydrogen (secondary N) is 2. The molecule has 1 atom stereocenters. The van der Waals surface area contributed by atoms with Crippen LogP contribution in [0.3, 0.4) is 0 Å². The number of amides is 2. The van der Waals surface area contributed by atoms with Gasteiger partial charge < -0.3 is 20.1 Å². The molecule has 0 bridgehead atoms. The van der Waals surface area contributed by atoms with Gasteiger partial charge in [-0.25, -0.2) is 0 Å². The van der Waals surface area contributed by atoms with Gasteiger partial charge in [0.25, 0.3) is 0 Å². The van der Waals surface area contributed by atoms with Crippen LogP contribution in [0.25, 0.3) is 0 Å². The zero-order valence-electron chi connectivity index (χ0n) is 10.3. The summed E-state index contributed by atoms with van der Waals surface area (Å²) in [5.41, 5.74) is 0. The zero-order chi connectivity index (χ0) is 12.8. The van der Waals surface area contributed by atoms with Gasteiger partial charge in [-0.3, -0.25) is 14.5 Å². The van der Waals surface area contributed by atoms with Gasteiger partial charge in [0.15, 0.2) is 0 Å². The summed E-state index contributed by atoms with van der Waals surface area (Å²) in [6.07, 6.45) is 0. The van der Waals surface area contributed by atoms with Crippen LogP contribution in [0.4, 0.5) is 0 Å². The van der Waals surface area contributed by atoms with Gasteiger partial charge in [0.1, 0.15) is 12.6 Å². The van der Waals surface area contributed by atoms with Gasteiger partial charge in [0, 0.05) is 26.2 Å². The van der Waals surface area contributed by atoms with Crippen LogP contribution in [0.2, 0.25) is 0 Å². The second kappa shape index (κ2) is 6.67. The minimum atomic E-state index is -0.559. The van der Waals surface area contributed by atoms with Gasteiger partial charge in [-0.1, -0.05) is 0 Å². The SMILES string of the molecule is O=C1COCC(C(=O)NCCN2CCOCC2)N1. The van der Waals surface area contributed by atoms with E-state index in [9.17, 15) is 9.59 Å². The van der Waals surface area contributed by atoms with Crippen LogP contribution in [0.1, 0.15) is 0 Å². The van der Waals surface area contributed by atoms with E-state index in [1.807, 2.05) is 0 Å². The molecule has 2 fully saturated rings. The lowest BCUT2D eigenvalue weighted by atomic mass is 10.2. The van der Waals surface area contributed by atoms with Crippen molar-refractivity contribution < 1.29 is 19.1 Å². The first-order valence-corrected chi connectivity index (χ1v) is 6.20. The summed E-state index contributed by atoms with van der Waals surface area (Å²) in [6, 6.07) is -0.559. The summed E-state index contributed by atoms with van der Waals surface area (Å²) in [7, 11) is 0. The summed E-state index contributed by atoms with van der Waals surface area (Å²) in [5.74, 6) is -0.425. The number of ether oxygens (including phenoxy) is 2. The molecule has 0 aromatic heterocycles. The first-order valence-electron chi connectivity index (χ1n) is 6.20. The predicted molar refractivity (Wildman–Crippen MR) is 63.0 cm³/mol. The molecule has 0 aromatic carbocycles. The molecule has 2 amide bonds. The highest BCUT2D eigenvalue weighted by atomic mass is 16.5. The van der Waals surface area contributed by atoms with E-state index < -0.39 is 6.04 Å². The Morgan fingerprint density at radius 1 is 1.39 bits per heavy atom. The van der Waals surface area contributed by atoms with Gasteiger partial charge in [0.2, 0.25) is 11.8 Å². The topological polar surface area (TPSA) is 79.9 Å². The summed E-state index contributed by atoms with van der Waals surface area (Å²) in [6.45, 7) is 4.97. The Kier molecular flexibility index (Phi) is 4.91. The van der Waals surface area contributed by atoms with Crippen molar-refractivity contribution in [3.63, 3.8) is 0 Å². The van der Waals surface area contributed by atoms with E-state index in [1.165, 1.54) is 0 Å². The van der Waals surface area contributed by atoms with Crippen molar-refractivity contribution in [3.05, 3.63) is 0 Å². The van der Waals surface area contributed by atoms with Gasteiger partial charge in [-0.05, 0) is 0 Å². The normalized spacial score (nSPS) is 25.6. The number of carbonyl (C=O) groups excluding carboxylic acids is 2. The molecule has 0 radical (unpaired) electrons. The van der Waals surface area contributed by atoms with E-state index in [4.69, 9.17) is 9.47 Å². The Morgan fingerprint density at radius 3 is 2.89 bits per heavy atom. The predicted octanol–water partition coefficient (Wildman–Crippen LogP) is -2.05. The highest BCUT2D eigenvalue weighted by Crippen LogP contribution is 1.96. The standard InChI is InChI=1S/C11H19N3O4/c15-10-8-18-7-9(13-10)11(16)12-1-2-14-3-5-17-6-4-14/h9H,1-8H2,(H,12,16)(H,13,15). The number of hydrogen-bond acceptors (Lipinski definition) is 5. The molecule has 2 N–H and O–H groups in total. The average Bonchev–Trinajstić information content (AvgIpc) is 2.40. The second-order valence-corrected chi connectivity index (χ2v) is 4.38. The number of rotatable bonds is 4. The van der Waals surface area contributed by atoms with Crippen molar-refractivity contribution in [3.8, 4) is 0 Å². The first-order chi connectivity index (χ1) is 8.75. The van der Waals surface area contributed by atoms with Gasteiger partial charge in [-0.2, -0.15) is 0 Å². The molecular weight excluding hydrogens is 238 g/mol. The van der Waals surface area contributed by atoms with E-state index in [-0.39, 0.29) is 25.0 Å². The molecule has 2 saturated heterocycles. The van der Waals surface area contributed by atoms with Crippen LogP contribution >= 0.6 is 0 Å². The van der Waals surface area contributed by atoms with E-state index in [2.05, 4.69) is 15.5 Å². The Balaban J connectivity index is 1.63. The maximum atomic E-state index is 11.7. The number of carbonyl (C=O) groups is 2. The summed E-state index contributed by atoms with van der Waals surface area (Å²) in [5, 5.41) is 5.40. The molecule has 0 saturated carbocycles. The smallest absolute Gasteiger partial charge is 0.246 e. The molecule has 2 heterocycles. The lowest BCUT2D eigenvalue weighted by Crippen LogP contribution is -2.54. The lowest BCUT2D eigenvalue weighted by molar-refractivity contribution is -0.138. The average molecular weight is 257 g/mol. The van der Waals surface area contributed by atoms with Gasteiger partial charge >= 0.3 is 0 Å². The minimum absolute atomic E-state index is 0.0392. The minimum Gasteiger partial charge on any atom is -0.379 e. The van der Waals surface area contributed by atoms with Crippen molar-refractivity contribution >= 4 is 11.8 Å². The first kappa shape index (κ1) is 13.3. The summed E-state index contributed by atoms with van der Waals surface area (Å²) < 4.78 is 10.3. The molecule has 18 heavy (non-hydrogen) atoms. The number of nitrogens with zero attached hydrogens (tertiary/aromatic N) is 1. The van der Waals surface area contributed by atoms with Crippen LogP contribution in [0.5, 0.6) is 0 Å². The maximum absolute atomic E-state index is 11.7. The van der Waals surface area contributed by atoms with Crippen molar-refractivity contribution in [2.45, 2.75) is 6.04 Å². The lowest BCUT2D eigenvalue weighted by Gasteiger charge is -2.27. The van der Waals surface area contributed by atoms with Crippen LogP contribution in [-0.4, -0.2) is 75.4 Å². The fraction of sp³-hybridized carbons (Fsp3) is 0.818. The van der Waals surface area contributed by atoms with Crippen LogP contribution in [0, 0.1) is 0 Å². The Hall–Kier alpha value is -1.18. The van der Waals surface area contributed by atoms with Gasteiger partial charge in [0.05, 0.1) is 19.8 Å². The molecule has 2 aliphatic rings. The van der Waals surface area contributed by atoms with Gasteiger partial charge in [-0.15, -0.1) is 0 Å². The van der Waals surface area contributed by atoms with E-state index in [1.54, 1.807) is 0 Å². The van der Waals surface area contributed by atoms with Crippen molar-refractivity contribution in [2.24, 2.45) is 0 Å². The molecule has 102 valence electrons. The van der Waals surface area contributed by atoms with E-state index in [0.717, 1.165) is 32.8 Å². The molecule has 0 spiro atoms. The van der Waals surface area contributed by atoms with Crippen molar-refractivity contribution in [2.75, 3.05) is 52.6 Å².